The number of fused-ring (bicyclic) bond motifs is 7. The van der Waals surface area contributed by atoms with Crippen molar-refractivity contribution in [3.05, 3.63) is 64.9 Å². The van der Waals surface area contributed by atoms with E-state index in [9.17, 15) is 0 Å². The zero-order chi connectivity index (χ0) is 19.6. The highest BCUT2D eigenvalue weighted by molar-refractivity contribution is 6.16. The molecule has 0 aliphatic heterocycles. The van der Waals surface area contributed by atoms with E-state index in [1.54, 1.807) is 11.1 Å². The summed E-state index contributed by atoms with van der Waals surface area (Å²) in [4.78, 5) is 0. The van der Waals surface area contributed by atoms with Crippen LogP contribution < -0.4 is 0 Å². The Balaban J connectivity index is 1.53. The third kappa shape index (κ3) is 1.77. The number of allylic oxidation sites excluding steroid dienone is 1. The largest absolute Gasteiger partial charge is 0.454 e. The van der Waals surface area contributed by atoms with E-state index in [4.69, 9.17) is 0 Å². The van der Waals surface area contributed by atoms with E-state index in [1.807, 2.05) is 0 Å². The summed E-state index contributed by atoms with van der Waals surface area (Å²) in [5.74, 6) is 3.64. The quantitative estimate of drug-likeness (QED) is 0.391. The van der Waals surface area contributed by atoms with Crippen LogP contribution in [0.1, 0.15) is 60.9 Å². The van der Waals surface area contributed by atoms with E-state index in [0.717, 1.165) is 30.1 Å². The maximum absolute atomic E-state index is 3.12. The SMILES string of the molecule is [Al][n]1c2c(c3ccc4c(c31)C1(c3ccccc3-4)C3CC4CC(C3)CC1C4)C=CCC2. The first-order valence-electron chi connectivity index (χ1n) is 12.0. The molecule has 0 atom stereocenters. The van der Waals surface area contributed by atoms with E-state index < -0.39 is 0 Å². The second-order valence-corrected chi connectivity index (χ2v) is 11.3. The zero-order valence-electron chi connectivity index (χ0n) is 17.4. The maximum atomic E-state index is 3.12. The van der Waals surface area contributed by atoms with Crippen LogP contribution in [0.3, 0.4) is 0 Å². The smallest absolute Gasteiger partial charge is 0.317 e. The molecule has 1 aromatic heterocycles. The number of hydrogen-bond acceptors (Lipinski definition) is 0. The molecule has 146 valence electrons. The van der Waals surface area contributed by atoms with Crippen LogP contribution in [0.2, 0.25) is 0 Å². The molecule has 6 aliphatic rings. The number of nitrogens with zero attached hydrogens (tertiary/aromatic N) is 1. The Morgan fingerprint density at radius 3 is 2.43 bits per heavy atom. The molecule has 0 amide bonds. The molecule has 9 rings (SSSR count). The molecule has 1 spiro atoms. The average Bonchev–Trinajstić information content (AvgIpc) is 3.23. The minimum absolute atomic E-state index is 0.248. The molecule has 4 bridgehead atoms. The van der Waals surface area contributed by atoms with Gasteiger partial charge in [0.2, 0.25) is 0 Å². The number of hydrogen-bond donors (Lipinski definition) is 0. The second kappa shape index (κ2) is 5.53. The van der Waals surface area contributed by atoms with Crippen molar-refractivity contribution in [2.24, 2.45) is 23.7 Å². The van der Waals surface area contributed by atoms with E-state index >= 15 is 0 Å². The normalized spacial score (nSPS) is 34.5. The first-order chi connectivity index (χ1) is 14.8. The molecule has 3 aromatic rings. The fourth-order valence-corrected chi connectivity index (χ4v) is 9.51. The minimum Gasteiger partial charge on any atom is -0.454 e. The molecule has 6 aliphatic carbocycles. The van der Waals surface area contributed by atoms with Gasteiger partial charge in [-0.1, -0.05) is 48.6 Å². The number of aromatic nitrogens is 1. The van der Waals surface area contributed by atoms with Crippen LogP contribution in [0.15, 0.2) is 42.5 Å². The summed E-state index contributed by atoms with van der Waals surface area (Å²) in [6, 6.07) is 14.4. The second-order valence-electron chi connectivity index (χ2n) is 10.8. The number of benzene rings is 2. The van der Waals surface area contributed by atoms with Crippen molar-refractivity contribution in [3.63, 3.8) is 0 Å². The lowest BCUT2D eigenvalue weighted by atomic mass is 9.43. The fourth-order valence-electron chi connectivity index (χ4n) is 8.97. The third-order valence-electron chi connectivity index (χ3n) is 9.65. The van der Waals surface area contributed by atoms with Gasteiger partial charge < -0.3 is 3.55 Å². The molecule has 1 nitrogen and oxygen atoms in total. The van der Waals surface area contributed by atoms with Gasteiger partial charge in [-0.25, -0.2) is 0 Å². The van der Waals surface area contributed by atoms with E-state index in [-0.39, 0.29) is 5.41 Å². The molecule has 2 heteroatoms. The highest BCUT2D eigenvalue weighted by Gasteiger charge is 2.62. The Kier molecular flexibility index (Phi) is 3.12. The summed E-state index contributed by atoms with van der Waals surface area (Å²) in [6.07, 6.45) is 14.4. The highest BCUT2D eigenvalue weighted by atomic mass is 27.1. The molecular formula is C28H26AlN. The van der Waals surface area contributed by atoms with Gasteiger partial charge in [0.1, 0.15) is 0 Å². The Morgan fingerprint density at radius 1 is 0.867 bits per heavy atom. The highest BCUT2D eigenvalue weighted by Crippen LogP contribution is 2.70. The van der Waals surface area contributed by atoms with Gasteiger partial charge in [0, 0.05) is 27.6 Å². The van der Waals surface area contributed by atoms with Gasteiger partial charge in [-0.3, -0.25) is 0 Å². The molecule has 30 heavy (non-hydrogen) atoms. The summed E-state index contributed by atoms with van der Waals surface area (Å²) in [5.41, 5.74) is 11.2. The third-order valence-corrected chi connectivity index (χ3v) is 10.2. The van der Waals surface area contributed by atoms with Gasteiger partial charge in [-0.2, -0.15) is 0 Å². The summed E-state index contributed by atoms with van der Waals surface area (Å²) in [7, 11) is 0. The van der Waals surface area contributed by atoms with Crippen molar-refractivity contribution in [2.45, 2.75) is 50.4 Å². The Bertz CT molecular complexity index is 1250. The van der Waals surface area contributed by atoms with Crippen LogP contribution in [-0.4, -0.2) is 20.1 Å². The molecule has 1 heterocycles. The van der Waals surface area contributed by atoms with Gasteiger partial charge in [0.05, 0.1) is 0 Å². The molecule has 4 fully saturated rings. The van der Waals surface area contributed by atoms with Crippen LogP contribution in [0.25, 0.3) is 28.1 Å². The lowest BCUT2D eigenvalue weighted by Gasteiger charge is -2.61. The standard InChI is InChI=1S/C28H26N.Al/c1-3-7-24-20(5-1)22-9-10-23-21-6-2-4-8-25(21)29-27(23)26(22)28(24)18-12-16-11-17(14-18)15-19(28)13-16;/h1-3,5-7,9-10,16-19H,4,8,11-15H2;/q-1;+1. The predicted octanol–water partition coefficient (Wildman–Crippen LogP) is 6.25. The Morgan fingerprint density at radius 2 is 1.63 bits per heavy atom. The van der Waals surface area contributed by atoms with Crippen molar-refractivity contribution in [1.29, 1.82) is 0 Å². The van der Waals surface area contributed by atoms with Crippen molar-refractivity contribution in [2.75, 3.05) is 0 Å². The van der Waals surface area contributed by atoms with E-state index in [0.29, 0.717) is 0 Å². The van der Waals surface area contributed by atoms with E-state index in [2.05, 4.69) is 68.6 Å². The van der Waals surface area contributed by atoms with E-state index in [1.165, 1.54) is 71.8 Å². The first-order valence-corrected chi connectivity index (χ1v) is 12.5. The molecule has 0 N–H and O–H groups in total. The monoisotopic (exact) mass is 403 g/mol. The van der Waals surface area contributed by atoms with Crippen LogP contribution in [-0.2, 0) is 11.8 Å². The molecular weight excluding hydrogens is 377 g/mol. The topological polar surface area (TPSA) is 4.93 Å². The molecule has 2 radical (unpaired) electrons. The summed E-state index contributed by atoms with van der Waals surface area (Å²) in [5, 5.41) is 1.48. The Hall–Kier alpha value is -1.75. The van der Waals surface area contributed by atoms with Crippen molar-refractivity contribution < 1.29 is 0 Å². The zero-order valence-corrected chi connectivity index (χ0v) is 18.6. The van der Waals surface area contributed by atoms with Crippen LogP contribution in [0.4, 0.5) is 0 Å². The van der Waals surface area contributed by atoms with Crippen LogP contribution in [0.5, 0.6) is 0 Å². The van der Waals surface area contributed by atoms with Gasteiger partial charge in [0.25, 0.3) is 0 Å². The maximum Gasteiger partial charge on any atom is 0.317 e. The molecule has 4 saturated carbocycles. The van der Waals surface area contributed by atoms with Gasteiger partial charge in [-0.05, 0) is 90.9 Å². The van der Waals surface area contributed by atoms with Crippen molar-refractivity contribution in [1.82, 2.24) is 3.55 Å². The van der Waals surface area contributed by atoms with Crippen molar-refractivity contribution in [3.8, 4) is 11.1 Å². The Labute approximate surface area is 186 Å². The van der Waals surface area contributed by atoms with Gasteiger partial charge in [0.15, 0.2) is 0 Å². The summed E-state index contributed by atoms with van der Waals surface area (Å²) >= 11 is 3.12. The lowest BCUT2D eigenvalue weighted by Crippen LogP contribution is -2.55. The van der Waals surface area contributed by atoms with Gasteiger partial charge in [-0.15, -0.1) is 0 Å². The molecule has 2 aromatic carbocycles. The van der Waals surface area contributed by atoms with Crippen LogP contribution in [0, 0.1) is 23.7 Å². The summed E-state index contributed by atoms with van der Waals surface area (Å²) in [6.45, 7) is 0. The summed E-state index contributed by atoms with van der Waals surface area (Å²) < 4.78 is 2.52. The van der Waals surface area contributed by atoms with Gasteiger partial charge >= 0.3 is 16.5 Å². The lowest BCUT2D eigenvalue weighted by molar-refractivity contribution is -0.0394. The van der Waals surface area contributed by atoms with Crippen LogP contribution >= 0.6 is 0 Å². The fraction of sp³-hybridized carbons (Fsp3) is 0.429. The first kappa shape index (κ1) is 16.9. The molecule has 0 unspecified atom stereocenters. The predicted molar refractivity (Wildman–Crippen MR) is 124 cm³/mol. The minimum atomic E-state index is 0.248. The number of rotatable bonds is 0. The average molecular weight is 404 g/mol. The molecule has 0 saturated heterocycles. The van der Waals surface area contributed by atoms with Crippen molar-refractivity contribution >= 4 is 33.5 Å².